The molecule has 2 aromatic carbocycles. The number of fused-ring (bicyclic) bond motifs is 1. The van der Waals surface area contributed by atoms with E-state index in [0.717, 1.165) is 6.07 Å². The van der Waals surface area contributed by atoms with Crippen LogP contribution in [0.25, 0.3) is 22.0 Å². The van der Waals surface area contributed by atoms with E-state index >= 15 is 4.39 Å². The van der Waals surface area contributed by atoms with Gasteiger partial charge in [-0.3, -0.25) is 9.69 Å². The molecule has 0 radical (unpaired) electrons. The van der Waals surface area contributed by atoms with E-state index in [4.69, 9.17) is 16.6 Å². The zero-order chi connectivity index (χ0) is 28.6. The van der Waals surface area contributed by atoms with Gasteiger partial charge < -0.3 is 14.9 Å². The Morgan fingerprint density at radius 3 is 2.50 bits per heavy atom. The number of aromatic hydroxyl groups is 1. The summed E-state index contributed by atoms with van der Waals surface area (Å²) in [6.45, 7) is 5.53. The van der Waals surface area contributed by atoms with Crippen molar-refractivity contribution in [2.75, 3.05) is 31.6 Å². The number of rotatable bonds is 6. The van der Waals surface area contributed by atoms with Gasteiger partial charge in [0.1, 0.15) is 34.6 Å². The number of anilines is 1. The van der Waals surface area contributed by atoms with E-state index in [1.54, 1.807) is 23.4 Å². The largest absolute Gasteiger partial charge is 0.507 e. The molecule has 0 spiro atoms. The fraction of sp³-hybridized carbons (Fsp3) is 0.321. The van der Waals surface area contributed by atoms with Crippen LogP contribution in [0.5, 0.6) is 5.75 Å². The zero-order valence-electron chi connectivity index (χ0n) is 22.3. The van der Waals surface area contributed by atoms with Crippen molar-refractivity contribution in [1.82, 2.24) is 29.7 Å². The van der Waals surface area contributed by atoms with E-state index in [2.05, 4.69) is 15.0 Å². The molecule has 12 heteroatoms. The maximum Gasteiger partial charge on any atom is 0.219 e. The number of carbonyl (C=O) groups excluding carboxylic acids is 1. The van der Waals surface area contributed by atoms with Gasteiger partial charge in [0.2, 0.25) is 5.91 Å². The Morgan fingerprint density at radius 1 is 1.10 bits per heavy atom. The van der Waals surface area contributed by atoms with Crippen molar-refractivity contribution in [2.24, 2.45) is 0 Å². The molecule has 208 valence electrons. The minimum absolute atomic E-state index is 0.0198. The van der Waals surface area contributed by atoms with E-state index in [1.165, 1.54) is 25.1 Å². The third kappa shape index (κ3) is 5.39. The zero-order valence-corrected chi connectivity index (χ0v) is 23.0. The smallest absolute Gasteiger partial charge is 0.219 e. The van der Waals surface area contributed by atoms with Gasteiger partial charge in [-0.15, -0.1) is 0 Å². The number of piperazine rings is 1. The maximum absolute atomic E-state index is 16.3. The van der Waals surface area contributed by atoms with Gasteiger partial charge in [-0.1, -0.05) is 17.7 Å². The average Bonchev–Trinajstić information content (AvgIpc) is 2.90. The van der Waals surface area contributed by atoms with Crippen molar-refractivity contribution in [3.8, 4) is 16.9 Å². The van der Waals surface area contributed by atoms with Crippen LogP contribution in [0.2, 0.25) is 5.02 Å². The molecule has 3 heterocycles. The molecule has 1 aliphatic heterocycles. The summed E-state index contributed by atoms with van der Waals surface area (Å²) in [7, 11) is 1.85. The Hall–Kier alpha value is -3.96. The lowest BCUT2D eigenvalue weighted by molar-refractivity contribution is -0.131. The first kappa shape index (κ1) is 27.6. The number of phenolic OH excluding ortho intramolecular Hbond substituents is 1. The molecule has 1 N–H and O–H groups in total. The number of halogens is 3. The van der Waals surface area contributed by atoms with Crippen molar-refractivity contribution in [3.63, 3.8) is 0 Å². The first-order valence-electron chi connectivity index (χ1n) is 12.8. The Kier molecular flexibility index (Phi) is 7.77. The fourth-order valence-corrected chi connectivity index (χ4v) is 5.38. The van der Waals surface area contributed by atoms with Crippen molar-refractivity contribution in [1.29, 1.82) is 0 Å². The van der Waals surface area contributed by atoms with Gasteiger partial charge in [-0.05, 0) is 38.2 Å². The number of hydrogen-bond donors (Lipinski definition) is 1. The highest BCUT2D eigenvalue weighted by Gasteiger charge is 2.30. The molecule has 1 amide bonds. The van der Waals surface area contributed by atoms with Crippen molar-refractivity contribution < 1.29 is 18.7 Å². The van der Waals surface area contributed by atoms with Crippen LogP contribution in [0, 0.1) is 11.6 Å². The number of benzene rings is 2. The van der Waals surface area contributed by atoms with Gasteiger partial charge >= 0.3 is 0 Å². The summed E-state index contributed by atoms with van der Waals surface area (Å²) in [4.78, 5) is 35.6. The second-order valence-corrected chi connectivity index (χ2v) is 10.3. The molecule has 1 saturated heterocycles. The molecular formula is C28H28ClF2N7O2. The number of carbonyl (C=O) groups is 1. The van der Waals surface area contributed by atoms with Crippen molar-refractivity contribution in [3.05, 3.63) is 71.0 Å². The van der Waals surface area contributed by atoms with Gasteiger partial charge in [0.15, 0.2) is 5.82 Å². The van der Waals surface area contributed by atoms with E-state index in [9.17, 15) is 14.3 Å². The minimum Gasteiger partial charge on any atom is -0.507 e. The van der Waals surface area contributed by atoms with Crippen molar-refractivity contribution >= 4 is 34.2 Å². The molecule has 0 saturated carbocycles. The van der Waals surface area contributed by atoms with Gasteiger partial charge in [-0.2, -0.15) is 0 Å². The second-order valence-electron chi connectivity index (χ2n) is 9.89. The highest BCUT2D eigenvalue weighted by molar-refractivity contribution is 6.34. The van der Waals surface area contributed by atoms with Crippen LogP contribution >= 0.6 is 11.6 Å². The fourth-order valence-electron chi connectivity index (χ4n) is 5.09. The minimum atomic E-state index is -0.864. The molecule has 1 atom stereocenters. The van der Waals surface area contributed by atoms with Crippen LogP contribution in [-0.4, -0.2) is 73.5 Å². The summed E-state index contributed by atoms with van der Waals surface area (Å²) < 4.78 is 31.1. The summed E-state index contributed by atoms with van der Waals surface area (Å²) in [5.41, 5.74) is -0.662. The summed E-state index contributed by atoms with van der Waals surface area (Å²) in [5, 5.41) is 10.6. The topological polar surface area (TPSA) is 98.6 Å². The molecule has 1 fully saturated rings. The van der Waals surface area contributed by atoms with Crippen LogP contribution in [0.3, 0.4) is 0 Å². The Morgan fingerprint density at radius 2 is 1.82 bits per heavy atom. The molecule has 9 nitrogen and oxygen atoms in total. The highest BCUT2D eigenvalue weighted by atomic mass is 35.5. The predicted molar refractivity (Wildman–Crippen MR) is 148 cm³/mol. The van der Waals surface area contributed by atoms with Gasteiger partial charge in [0.25, 0.3) is 0 Å². The normalized spacial score (nSPS) is 15.7. The number of nitrogens with zero attached hydrogens (tertiary/aromatic N) is 7. The number of aromatic nitrogens is 4. The van der Waals surface area contributed by atoms with E-state index < -0.39 is 17.4 Å². The van der Waals surface area contributed by atoms with E-state index in [0.29, 0.717) is 49.0 Å². The molecule has 5 rings (SSSR count). The lowest BCUT2D eigenvalue weighted by Gasteiger charge is -2.40. The van der Waals surface area contributed by atoms with Crippen molar-refractivity contribution in [2.45, 2.75) is 33.0 Å². The molecule has 2 aromatic heterocycles. The Labute approximate surface area is 235 Å². The molecule has 1 aliphatic rings. The number of hydrogen-bond acceptors (Lipinski definition) is 8. The highest BCUT2D eigenvalue weighted by Crippen LogP contribution is 2.42. The first-order chi connectivity index (χ1) is 19.1. The summed E-state index contributed by atoms with van der Waals surface area (Å²) in [5.74, 6) is -0.740. The second kappa shape index (κ2) is 11.3. The van der Waals surface area contributed by atoms with Crippen LogP contribution in [0.15, 0.2) is 42.7 Å². The van der Waals surface area contributed by atoms with Crippen LogP contribution in [0.1, 0.15) is 25.5 Å². The average molecular weight is 568 g/mol. The van der Waals surface area contributed by atoms with E-state index in [1.807, 2.05) is 23.8 Å². The lowest BCUT2D eigenvalue weighted by Crippen LogP contribution is -2.53. The number of amides is 1. The lowest BCUT2D eigenvalue weighted by atomic mass is 10.0. The molecule has 40 heavy (non-hydrogen) atoms. The molecular weight excluding hydrogens is 540 g/mol. The monoisotopic (exact) mass is 567 g/mol. The standard InChI is InChI=1S/C28H28ClF2N7O2/c1-16-13-37(10-11-38(16)17(2)39)28-18-12-19(29)24(25-20(30)6-4-7-21(25)40)26(31)27(18)34-23(35-28)15-36(3)14-22-32-8-5-9-33-22/h4-9,12,16,40H,10-11,13-15H2,1-3H3/t16-/m1/s1. The third-order valence-electron chi connectivity index (χ3n) is 6.92. The first-order valence-corrected chi connectivity index (χ1v) is 13.1. The van der Waals surface area contributed by atoms with Crippen LogP contribution in [0.4, 0.5) is 14.6 Å². The Bertz CT molecular complexity index is 1550. The van der Waals surface area contributed by atoms with Crippen LogP contribution in [-0.2, 0) is 17.9 Å². The predicted octanol–water partition coefficient (Wildman–Crippen LogP) is 4.41. The quantitative estimate of drug-likeness (QED) is 0.366. The third-order valence-corrected chi connectivity index (χ3v) is 7.22. The van der Waals surface area contributed by atoms with Crippen LogP contribution < -0.4 is 4.90 Å². The maximum atomic E-state index is 16.3. The molecule has 4 aromatic rings. The SMILES string of the molecule is CC(=O)N1CCN(c2nc(CN(C)Cc3ncccn3)nc3c(F)c(-c4c(O)cccc4F)c(Cl)cc23)C[C@H]1C. The van der Waals surface area contributed by atoms with Gasteiger partial charge in [0, 0.05) is 55.9 Å². The summed E-state index contributed by atoms with van der Waals surface area (Å²) in [6, 6.07) is 6.85. The molecule has 0 aliphatic carbocycles. The Balaban J connectivity index is 1.63. The molecule has 0 unspecified atom stereocenters. The molecule has 0 bridgehead atoms. The van der Waals surface area contributed by atoms with Gasteiger partial charge in [-0.25, -0.2) is 28.7 Å². The van der Waals surface area contributed by atoms with Gasteiger partial charge in [0.05, 0.1) is 23.7 Å². The van der Waals surface area contributed by atoms with E-state index in [-0.39, 0.29) is 40.2 Å². The number of phenols is 1. The summed E-state index contributed by atoms with van der Waals surface area (Å²) >= 11 is 6.54. The summed E-state index contributed by atoms with van der Waals surface area (Å²) in [6.07, 6.45) is 3.31.